The molecule has 3 N–H and O–H groups in total. The number of H-pyrrole nitrogens is 1. The first-order chi connectivity index (χ1) is 13.8. The fraction of sp³-hybridized carbons (Fsp3) is 0.300. The normalized spacial score (nSPS) is 16.7. The zero-order valence-electron chi connectivity index (χ0n) is 15.2. The highest BCUT2D eigenvalue weighted by atomic mass is 35.5. The highest BCUT2D eigenvalue weighted by Gasteiger charge is 2.36. The van der Waals surface area contributed by atoms with Crippen molar-refractivity contribution in [1.29, 1.82) is 0 Å². The molecule has 0 spiro atoms. The average Bonchev–Trinajstić information content (AvgIpc) is 3.04. The lowest BCUT2D eigenvalue weighted by Crippen LogP contribution is -2.24. The highest BCUT2D eigenvalue weighted by Crippen LogP contribution is 2.41. The molecule has 0 saturated heterocycles. The second-order valence-corrected chi connectivity index (χ2v) is 7.63. The molecule has 5 nitrogen and oxygen atoms in total. The van der Waals surface area contributed by atoms with Gasteiger partial charge in [0, 0.05) is 46.9 Å². The summed E-state index contributed by atoms with van der Waals surface area (Å²) in [5.74, 6) is -3.63. The van der Waals surface area contributed by atoms with Crippen molar-refractivity contribution in [3.05, 3.63) is 53.2 Å². The van der Waals surface area contributed by atoms with Gasteiger partial charge in [-0.25, -0.2) is 18.0 Å². The molecule has 0 atom stereocenters. The largest absolute Gasteiger partial charge is 0.359 e. The van der Waals surface area contributed by atoms with Crippen LogP contribution in [-0.2, 0) is 0 Å². The SMILES string of the molecule is O=C(Nc1cnc(C2CCC(F)(F)CC2)c(F)c1)Nc1c[nH]c2ccc(Cl)cc12. The number of hydrogen-bond donors (Lipinski definition) is 3. The topological polar surface area (TPSA) is 69.8 Å². The summed E-state index contributed by atoms with van der Waals surface area (Å²) >= 11 is 5.99. The minimum Gasteiger partial charge on any atom is -0.359 e. The first-order valence-corrected chi connectivity index (χ1v) is 9.56. The van der Waals surface area contributed by atoms with Crippen molar-refractivity contribution in [2.75, 3.05) is 10.6 Å². The fourth-order valence-electron chi connectivity index (χ4n) is 3.61. The summed E-state index contributed by atoms with van der Waals surface area (Å²) in [6, 6.07) is 5.82. The van der Waals surface area contributed by atoms with E-state index >= 15 is 0 Å². The van der Waals surface area contributed by atoms with Crippen LogP contribution in [0.1, 0.15) is 37.3 Å². The Balaban J connectivity index is 1.43. The molecule has 1 aliphatic rings. The number of carbonyl (C=O) groups is 1. The molecule has 2 aromatic heterocycles. The number of nitrogens with zero attached hydrogens (tertiary/aromatic N) is 1. The van der Waals surface area contributed by atoms with Gasteiger partial charge in [-0.05, 0) is 31.0 Å². The van der Waals surface area contributed by atoms with Gasteiger partial charge in [-0.15, -0.1) is 0 Å². The third-order valence-electron chi connectivity index (χ3n) is 5.12. The molecule has 1 aromatic carbocycles. The predicted molar refractivity (Wildman–Crippen MR) is 106 cm³/mol. The molecule has 2 heterocycles. The minimum absolute atomic E-state index is 0.165. The molecular formula is C20H18ClF3N4O. The van der Waals surface area contributed by atoms with Gasteiger partial charge in [0.25, 0.3) is 0 Å². The Morgan fingerprint density at radius 3 is 2.69 bits per heavy atom. The van der Waals surface area contributed by atoms with Crippen molar-refractivity contribution < 1.29 is 18.0 Å². The van der Waals surface area contributed by atoms with Crippen LogP contribution < -0.4 is 10.6 Å². The molecular weight excluding hydrogens is 405 g/mol. The van der Waals surface area contributed by atoms with Crippen LogP contribution in [0, 0.1) is 5.82 Å². The van der Waals surface area contributed by atoms with Gasteiger partial charge in [-0.1, -0.05) is 11.6 Å². The molecule has 2 amide bonds. The average molecular weight is 423 g/mol. The quantitative estimate of drug-likeness (QED) is 0.464. The van der Waals surface area contributed by atoms with Gasteiger partial charge < -0.3 is 15.6 Å². The molecule has 29 heavy (non-hydrogen) atoms. The summed E-state index contributed by atoms with van der Waals surface area (Å²) in [5.41, 5.74) is 1.66. The maximum Gasteiger partial charge on any atom is 0.323 e. The Morgan fingerprint density at radius 1 is 1.21 bits per heavy atom. The maximum atomic E-state index is 14.5. The number of fused-ring (bicyclic) bond motifs is 1. The van der Waals surface area contributed by atoms with E-state index in [-0.39, 0.29) is 43.0 Å². The van der Waals surface area contributed by atoms with Gasteiger partial charge in [-0.3, -0.25) is 4.98 Å². The van der Waals surface area contributed by atoms with Crippen molar-refractivity contribution in [3.63, 3.8) is 0 Å². The molecule has 9 heteroatoms. The summed E-state index contributed by atoms with van der Waals surface area (Å²) in [6.45, 7) is 0. The second-order valence-electron chi connectivity index (χ2n) is 7.19. The van der Waals surface area contributed by atoms with Gasteiger partial charge in [0.1, 0.15) is 5.82 Å². The minimum atomic E-state index is -2.68. The van der Waals surface area contributed by atoms with Crippen LogP contribution in [0.15, 0.2) is 36.7 Å². The van der Waals surface area contributed by atoms with E-state index in [1.807, 2.05) is 0 Å². The molecule has 0 radical (unpaired) electrons. The summed E-state index contributed by atoms with van der Waals surface area (Å²) in [4.78, 5) is 19.4. The molecule has 152 valence electrons. The van der Waals surface area contributed by atoms with Crippen LogP contribution >= 0.6 is 11.6 Å². The van der Waals surface area contributed by atoms with E-state index in [0.29, 0.717) is 10.7 Å². The van der Waals surface area contributed by atoms with Crippen LogP contribution in [0.25, 0.3) is 10.9 Å². The number of aromatic amines is 1. The van der Waals surface area contributed by atoms with Crippen LogP contribution in [-0.4, -0.2) is 21.9 Å². The van der Waals surface area contributed by atoms with Gasteiger partial charge in [-0.2, -0.15) is 0 Å². The van der Waals surface area contributed by atoms with E-state index in [9.17, 15) is 18.0 Å². The summed E-state index contributed by atoms with van der Waals surface area (Å²) in [5, 5.41) is 6.47. The number of rotatable bonds is 3. The van der Waals surface area contributed by atoms with Crippen molar-refractivity contribution in [2.24, 2.45) is 0 Å². The lowest BCUT2D eigenvalue weighted by molar-refractivity contribution is -0.0387. The molecule has 3 aromatic rings. The van der Waals surface area contributed by atoms with Crippen LogP contribution in [0.2, 0.25) is 5.02 Å². The number of anilines is 2. The van der Waals surface area contributed by atoms with Crippen LogP contribution in [0.3, 0.4) is 0 Å². The third-order valence-corrected chi connectivity index (χ3v) is 5.36. The maximum absolute atomic E-state index is 14.5. The number of hydrogen-bond acceptors (Lipinski definition) is 2. The number of nitrogens with one attached hydrogen (secondary N) is 3. The number of pyridine rings is 1. The smallest absolute Gasteiger partial charge is 0.323 e. The Morgan fingerprint density at radius 2 is 1.97 bits per heavy atom. The summed E-state index contributed by atoms with van der Waals surface area (Å²) in [7, 11) is 0. The second kappa shape index (κ2) is 7.59. The lowest BCUT2D eigenvalue weighted by Gasteiger charge is -2.28. The van der Waals surface area contributed by atoms with E-state index < -0.39 is 17.8 Å². The Labute approximate surface area is 169 Å². The van der Waals surface area contributed by atoms with Crippen molar-refractivity contribution in [2.45, 2.75) is 37.5 Å². The Kier molecular flexibility index (Phi) is 5.12. The number of benzene rings is 1. The van der Waals surface area contributed by atoms with Gasteiger partial charge in [0.15, 0.2) is 0 Å². The Hall–Kier alpha value is -2.74. The van der Waals surface area contributed by atoms with Gasteiger partial charge >= 0.3 is 6.03 Å². The number of amides is 2. The molecule has 4 rings (SSSR count). The van der Waals surface area contributed by atoms with E-state index in [0.717, 1.165) is 17.0 Å². The fourth-order valence-corrected chi connectivity index (χ4v) is 3.78. The van der Waals surface area contributed by atoms with Crippen LogP contribution in [0.4, 0.5) is 29.3 Å². The third kappa shape index (κ3) is 4.32. The molecule has 0 aliphatic heterocycles. The predicted octanol–water partition coefficient (Wildman–Crippen LogP) is 6.29. The van der Waals surface area contributed by atoms with E-state index in [2.05, 4.69) is 20.6 Å². The number of alkyl halides is 2. The first-order valence-electron chi connectivity index (χ1n) is 9.19. The molecule has 0 bridgehead atoms. The van der Waals surface area contributed by atoms with Crippen LogP contribution in [0.5, 0.6) is 0 Å². The van der Waals surface area contributed by atoms with E-state index in [1.165, 1.54) is 6.20 Å². The van der Waals surface area contributed by atoms with Gasteiger partial charge in [0.2, 0.25) is 5.92 Å². The van der Waals surface area contributed by atoms with Crippen molar-refractivity contribution in [3.8, 4) is 0 Å². The first kappa shape index (κ1) is 19.6. The molecule has 1 saturated carbocycles. The molecule has 1 fully saturated rings. The number of carbonyl (C=O) groups excluding carboxylic acids is 1. The Bertz CT molecular complexity index is 1060. The monoisotopic (exact) mass is 422 g/mol. The van der Waals surface area contributed by atoms with Gasteiger partial charge in [0.05, 0.1) is 23.3 Å². The zero-order chi connectivity index (χ0) is 20.6. The highest BCUT2D eigenvalue weighted by molar-refractivity contribution is 6.31. The zero-order valence-corrected chi connectivity index (χ0v) is 16.0. The molecule has 0 unspecified atom stereocenters. The standard InChI is InChI=1S/C20H18ClF3N4O/c21-12-1-2-16-14(7-12)17(10-25-16)28-19(29)27-13-8-15(22)18(26-9-13)11-3-5-20(23,24)6-4-11/h1-2,7-11,25H,3-6H2,(H2,27,28,29). The summed E-state index contributed by atoms with van der Waals surface area (Å²) < 4.78 is 41.1. The number of urea groups is 1. The molecule has 1 aliphatic carbocycles. The number of aromatic nitrogens is 2. The number of halogens is 4. The van der Waals surface area contributed by atoms with E-state index in [1.54, 1.807) is 24.4 Å². The van der Waals surface area contributed by atoms with Crippen molar-refractivity contribution in [1.82, 2.24) is 9.97 Å². The lowest BCUT2D eigenvalue weighted by atomic mass is 9.84. The summed E-state index contributed by atoms with van der Waals surface area (Å²) in [6.07, 6.45) is 2.80. The van der Waals surface area contributed by atoms with E-state index in [4.69, 9.17) is 11.6 Å². The van der Waals surface area contributed by atoms with Crippen molar-refractivity contribution >= 4 is 39.9 Å².